The van der Waals surface area contributed by atoms with Gasteiger partial charge >= 0.3 is 0 Å². The summed E-state index contributed by atoms with van der Waals surface area (Å²) >= 11 is 0. The minimum Gasteiger partial charge on any atom is -0.506 e. The zero-order valence-corrected chi connectivity index (χ0v) is 11.4. The van der Waals surface area contributed by atoms with Gasteiger partial charge in [0, 0.05) is 30.5 Å². The van der Waals surface area contributed by atoms with Gasteiger partial charge in [0.2, 0.25) is 0 Å². The van der Waals surface area contributed by atoms with Crippen molar-refractivity contribution in [2.24, 2.45) is 0 Å². The molecule has 1 unspecified atom stereocenters. The highest BCUT2D eigenvalue weighted by Crippen LogP contribution is 2.23. The normalized spacial score (nSPS) is 18.9. The minimum absolute atomic E-state index is 0.108. The third-order valence-electron chi connectivity index (χ3n) is 3.57. The van der Waals surface area contributed by atoms with Crippen molar-refractivity contribution in [3.05, 3.63) is 23.0 Å². The maximum absolute atomic E-state index is 9.98. The van der Waals surface area contributed by atoms with Crippen LogP contribution in [0.3, 0.4) is 0 Å². The molecule has 19 heavy (non-hydrogen) atoms. The Morgan fingerprint density at radius 2 is 2.37 bits per heavy atom. The molecule has 1 atom stereocenters. The van der Waals surface area contributed by atoms with Gasteiger partial charge < -0.3 is 20.3 Å². The average molecular weight is 266 g/mol. The van der Waals surface area contributed by atoms with Gasteiger partial charge in [-0.15, -0.1) is 0 Å². The Balaban J connectivity index is 1.86. The molecule has 0 aromatic carbocycles. The number of nitrogens with zero attached hydrogens (tertiary/aromatic N) is 1. The van der Waals surface area contributed by atoms with Crippen LogP contribution in [0.25, 0.3) is 0 Å². The third-order valence-corrected chi connectivity index (χ3v) is 3.57. The van der Waals surface area contributed by atoms with Gasteiger partial charge in [0.15, 0.2) is 0 Å². The number of aromatic nitrogens is 1. The van der Waals surface area contributed by atoms with Gasteiger partial charge in [0.1, 0.15) is 5.75 Å². The van der Waals surface area contributed by atoms with E-state index in [0.717, 1.165) is 38.0 Å². The van der Waals surface area contributed by atoms with E-state index in [4.69, 9.17) is 4.74 Å². The first kappa shape index (κ1) is 14.2. The van der Waals surface area contributed by atoms with Crippen LogP contribution in [-0.2, 0) is 17.9 Å². The topological polar surface area (TPSA) is 74.6 Å². The summed E-state index contributed by atoms with van der Waals surface area (Å²) in [6, 6.07) is 0. The highest BCUT2D eigenvalue weighted by atomic mass is 16.5. The predicted octanol–water partition coefficient (Wildman–Crippen LogP) is 1.25. The van der Waals surface area contributed by atoms with E-state index in [-0.39, 0.29) is 12.4 Å². The van der Waals surface area contributed by atoms with E-state index in [1.54, 1.807) is 13.1 Å². The number of rotatable bonds is 6. The maximum atomic E-state index is 9.98. The number of ether oxygens (including phenoxy) is 1. The van der Waals surface area contributed by atoms with E-state index in [1.807, 2.05) is 0 Å². The van der Waals surface area contributed by atoms with Crippen molar-refractivity contribution in [3.8, 4) is 5.75 Å². The van der Waals surface area contributed by atoms with Crippen LogP contribution in [0.1, 0.15) is 36.1 Å². The van der Waals surface area contributed by atoms with E-state index in [0.29, 0.717) is 23.9 Å². The second-order valence-electron chi connectivity index (χ2n) is 4.95. The number of aliphatic hydroxyl groups excluding tert-OH is 1. The molecule has 2 rings (SSSR count). The predicted molar refractivity (Wildman–Crippen MR) is 71.9 cm³/mol. The van der Waals surface area contributed by atoms with E-state index in [9.17, 15) is 10.2 Å². The van der Waals surface area contributed by atoms with Gasteiger partial charge in [-0.1, -0.05) is 0 Å². The van der Waals surface area contributed by atoms with Crippen LogP contribution in [0.2, 0.25) is 0 Å². The molecule has 0 saturated carbocycles. The lowest BCUT2D eigenvalue weighted by Crippen LogP contribution is -2.20. The maximum Gasteiger partial charge on any atom is 0.141 e. The molecule has 1 aromatic rings. The number of hydrogen-bond donors (Lipinski definition) is 3. The zero-order valence-electron chi connectivity index (χ0n) is 11.4. The van der Waals surface area contributed by atoms with Crippen LogP contribution < -0.4 is 5.32 Å². The molecule has 0 amide bonds. The number of aromatic hydroxyl groups is 1. The van der Waals surface area contributed by atoms with Gasteiger partial charge in [0.25, 0.3) is 0 Å². The fourth-order valence-electron chi connectivity index (χ4n) is 2.37. The number of aliphatic hydroxyl groups is 1. The summed E-state index contributed by atoms with van der Waals surface area (Å²) in [5, 5.41) is 22.5. The van der Waals surface area contributed by atoms with E-state index >= 15 is 0 Å². The number of pyridine rings is 1. The van der Waals surface area contributed by atoms with Crippen molar-refractivity contribution < 1.29 is 14.9 Å². The Hall–Kier alpha value is -1.17. The molecule has 0 aliphatic carbocycles. The summed E-state index contributed by atoms with van der Waals surface area (Å²) < 4.78 is 5.55. The zero-order chi connectivity index (χ0) is 13.7. The molecule has 5 nitrogen and oxygen atoms in total. The first-order valence-electron chi connectivity index (χ1n) is 6.82. The van der Waals surface area contributed by atoms with Crippen molar-refractivity contribution in [1.82, 2.24) is 10.3 Å². The van der Waals surface area contributed by atoms with Crippen molar-refractivity contribution in [2.45, 2.75) is 45.4 Å². The summed E-state index contributed by atoms with van der Waals surface area (Å²) in [6.07, 6.45) is 5.27. The Kier molecular flexibility index (Phi) is 5.13. The van der Waals surface area contributed by atoms with Crippen molar-refractivity contribution in [2.75, 3.05) is 13.2 Å². The van der Waals surface area contributed by atoms with Crippen molar-refractivity contribution in [3.63, 3.8) is 0 Å². The third kappa shape index (κ3) is 3.65. The smallest absolute Gasteiger partial charge is 0.141 e. The van der Waals surface area contributed by atoms with Crippen LogP contribution in [0.5, 0.6) is 5.75 Å². The fraction of sp³-hybridized carbons (Fsp3) is 0.643. The molecule has 106 valence electrons. The lowest BCUT2D eigenvalue weighted by atomic mass is 10.1. The molecule has 0 bridgehead atoms. The standard InChI is InChI=1S/C14H22N2O3/c1-10-14(18)13(11(9-17)7-16-10)8-15-5-4-12-3-2-6-19-12/h7,12,15,17-18H,2-6,8-9H2,1H3. The van der Waals surface area contributed by atoms with Gasteiger partial charge in [-0.25, -0.2) is 0 Å². The highest BCUT2D eigenvalue weighted by Gasteiger charge is 2.15. The minimum atomic E-state index is -0.108. The van der Waals surface area contributed by atoms with Crippen molar-refractivity contribution in [1.29, 1.82) is 0 Å². The molecule has 1 aliphatic rings. The Morgan fingerprint density at radius 3 is 3.05 bits per heavy atom. The number of hydrogen-bond acceptors (Lipinski definition) is 5. The summed E-state index contributed by atoms with van der Waals surface area (Å²) in [6.45, 7) is 3.91. The molecule has 1 saturated heterocycles. The average Bonchev–Trinajstić information content (AvgIpc) is 2.92. The van der Waals surface area contributed by atoms with E-state index < -0.39 is 0 Å². The van der Waals surface area contributed by atoms with E-state index in [2.05, 4.69) is 10.3 Å². The van der Waals surface area contributed by atoms with Crippen LogP contribution in [0.4, 0.5) is 0 Å². The molecule has 1 aromatic heterocycles. The molecule has 2 heterocycles. The molecule has 0 spiro atoms. The SMILES string of the molecule is Cc1ncc(CO)c(CNCCC2CCCO2)c1O. The van der Waals surface area contributed by atoms with Crippen molar-refractivity contribution >= 4 is 0 Å². The summed E-state index contributed by atoms with van der Waals surface area (Å²) in [7, 11) is 0. The van der Waals surface area contributed by atoms with Crippen LogP contribution in [-0.4, -0.2) is 34.5 Å². The Bertz CT molecular complexity index is 417. The lowest BCUT2D eigenvalue weighted by molar-refractivity contribution is 0.104. The van der Waals surface area contributed by atoms with E-state index in [1.165, 1.54) is 0 Å². The molecule has 0 radical (unpaired) electrons. The summed E-state index contributed by atoms with van der Waals surface area (Å²) in [4.78, 5) is 4.04. The summed E-state index contributed by atoms with van der Waals surface area (Å²) in [5.41, 5.74) is 2.00. The Morgan fingerprint density at radius 1 is 1.53 bits per heavy atom. The van der Waals surface area contributed by atoms with Gasteiger partial charge in [-0.05, 0) is 32.7 Å². The molecular formula is C14H22N2O3. The largest absolute Gasteiger partial charge is 0.506 e. The quantitative estimate of drug-likeness (QED) is 0.676. The van der Waals surface area contributed by atoms with Crippen LogP contribution in [0.15, 0.2) is 6.20 Å². The van der Waals surface area contributed by atoms with Crippen LogP contribution in [0, 0.1) is 6.92 Å². The molecule has 3 N–H and O–H groups in total. The van der Waals surface area contributed by atoms with Crippen LogP contribution >= 0.6 is 0 Å². The van der Waals surface area contributed by atoms with Gasteiger partial charge in [-0.2, -0.15) is 0 Å². The first-order chi connectivity index (χ1) is 9.22. The number of nitrogens with one attached hydrogen (secondary N) is 1. The number of aryl methyl sites for hydroxylation is 1. The second kappa shape index (κ2) is 6.84. The molecule has 1 fully saturated rings. The lowest BCUT2D eigenvalue weighted by Gasteiger charge is -2.13. The molecule has 1 aliphatic heterocycles. The molecule has 5 heteroatoms. The fourth-order valence-corrected chi connectivity index (χ4v) is 2.37. The summed E-state index contributed by atoms with van der Waals surface area (Å²) in [5.74, 6) is 0.177. The highest BCUT2D eigenvalue weighted by molar-refractivity contribution is 5.40. The van der Waals surface area contributed by atoms with Gasteiger partial charge in [0.05, 0.1) is 18.4 Å². The monoisotopic (exact) mass is 266 g/mol. The molecular weight excluding hydrogens is 244 g/mol. The Labute approximate surface area is 113 Å². The van der Waals surface area contributed by atoms with Gasteiger partial charge in [-0.3, -0.25) is 4.98 Å². The second-order valence-corrected chi connectivity index (χ2v) is 4.95. The first-order valence-corrected chi connectivity index (χ1v) is 6.82.